The van der Waals surface area contributed by atoms with Crippen molar-refractivity contribution in [2.45, 2.75) is 20.8 Å². The third-order valence-corrected chi connectivity index (χ3v) is 3.92. The molecule has 0 spiro atoms. The van der Waals surface area contributed by atoms with Crippen LogP contribution in [0.1, 0.15) is 20.8 Å². The summed E-state index contributed by atoms with van der Waals surface area (Å²) in [7, 11) is 0. The minimum Gasteiger partial charge on any atom is -0.417 e. The molecule has 0 unspecified atom stereocenters. The van der Waals surface area contributed by atoms with Gasteiger partial charge in [-0.3, -0.25) is 9.05 Å². The van der Waals surface area contributed by atoms with Crippen molar-refractivity contribution < 1.29 is 13.6 Å². The molecule has 0 saturated carbocycles. The molecule has 6 heteroatoms. The maximum atomic E-state index is 5.39. The molecule has 0 atom stereocenters. The van der Waals surface area contributed by atoms with Crippen LogP contribution >= 0.6 is 18.9 Å². The van der Waals surface area contributed by atoms with Gasteiger partial charge in [-0.05, 0) is 12.2 Å². The maximum absolute atomic E-state index is 5.39. The molecule has 1 heterocycles. The summed E-state index contributed by atoms with van der Waals surface area (Å²) in [6.07, 6.45) is 0. The monoisotopic (exact) mass is 240 g/mol. The van der Waals surface area contributed by atoms with Crippen molar-refractivity contribution in [3.05, 3.63) is 0 Å². The van der Waals surface area contributed by atoms with Crippen molar-refractivity contribution in [3.8, 4) is 0 Å². The fourth-order valence-electron chi connectivity index (χ4n) is 0.797. The molecule has 3 nitrogen and oxygen atoms in total. The molecule has 1 aliphatic heterocycles. The second-order valence-electron chi connectivity index (χ2n) is 3.74. The Kier molecular flexibility index (Phi) is 3.47. The highest BCUT2D eigenvalue weighted by Crippen LogP contribution is 2.55. The molecule has 0 aromatic heterocycles. The molecule has 1 aliphatic rings. The molecule has 0 aromatic rings. The lowest BCUT2D eigenvalue weighted by atomic mass is 9.97. The molecular weight excluding hydrogens is 227 g/mol. The molecule has 1 rings (SSSR count). The quantitative estimate of drug-likeness (QED) is 0.519. The van der Waals surface area contributed by atoms with E-state index in [1.165, 1.54) is 0 Å². The van der Waals surface area contributed by atoms with E-state index in [0.717, 1.165) is 0 Å². The molecular formula is C7H13O3PS2. The van der Waals surface area contributed by atoms with Crippen molar-refractivity contribution in [2.75, 3.05) is 13.2 Å². The Hall–Kier alpha value is 0.460. The van der Waals surface area contributed by atoms with E-state index < -0.39 is 6.72 Å². The van der Waals surface area contributed by atoms with E-state index >= 15 is 0 Å². The number of hydrogen-bond acceptors (Lipinski definition) is 5. The summed E-state index contributed by atoms with van der Waals surface area (Å²) < 4.78 is 16.0. The molecule has 13 heavy (non-hydrogen) atoms. The van der Waals surface area contributed by atoms with E-state index in [2.05, 4.69) is 13.8 Å². The third kappa shape index (κ3) is 3.60. The Morgan fingerprint density at radius 3 is 2.23 bits per heavy atom. The van der Waals surface area contributed by atoms with Crippen LogP contribution in [0.15, 0.2) is 0 Å². The van der Waals surface area contributed by atoms with Gasteiger partial charge in [-0.2, -0.15) is 0 Å². The first-order valence-corrected chi connectivity index (χ1v) is 6.89. The lowest BCUT2D eigenvalue weighted by Gasteiger charge is -2.35. The largest absolute Gasteiger partial charge is 0.417 e. The minimum absolute atomic E-state index is 0.0149. The topological polar surface area (TPSA) is 27.7 Å². The second-order valence-corrected chi connectivity index (χ2v) is 7.25. The summed E-state index contributed by atoms with van der Waals surface area (Å²) >= 11 is 9.87. The highest BCUT2D eigenvalue weighted by Gasteiger charge is 2.35. The van der Waals surface area contributed by atoms with Crippen molar-refractivity contribution in [1.82, 2.24) is 0 Å². The lowest BCUT2D eigenvalue weighted by Crippen LogP contribution is -2.30. The zero-order valence-electron chi connectivity index (χ0n) is 7.90. The predicted octanol–water partition coefficient (Wildman–Crippen LogP) is 2.65. The van der Waals surface area contributed by atoms with Crippen LogP contribution in [0.3, 0.4) is 0 Å². The highest BCUT2D eigenvalue weighted by atomic mass is 32.5. The fraction of sp³-hybridized carbons (Fsp3) is 0.857. The molecule has 0 aromatic carbocycles. The van der Waals surface area contributed by atoms with Gasteiger partial charge in [0.05, 0.1) is 13.2 Å². The Bertz CT molecular complexity index is 250. The first-order chi connectivity index (χ1) is 5.83. The lowest BCUT2D eigenvalue weighted by molar-refractivity contribution is 0.0397. The van der Waals surface area contributed by atoms with Gasteiger partial charge in [-0.15, -0.1) is 0 Å². The van der Waals surface area contributed by atoms with Gasteiger partial charge in [0.15, 0.2) is 5.05 Å². The number of hydrogen-bond donors (Lipinski definition) is 0. The van der Waals surface area contributed by atoms with E-state index in [4.69, 9.17) is 37.6 Å². The first kappa shape index (κ1) is 11.5. The molecule has 76 valence electrons. The maximum Gasteiger partial charge on any atom is 0.381 e. The van der Waals surface area contributed by atoms with Crippen LogP contribution in [0.25, 0.3) is 0 Å². The van der Waals surface area contributed by atoms with Crippen molar-refractivity contribution >= 4 is 35.8 Å². The molecule has 1 fully saturated rings. The van der Waals surface area contributed by atoms with Crippen molar-refractivity contribution in [1.29, 1.82) is 0 Å². The molecule has 1 saturated heterocycles. The van der Waals surface area contributed by atoms with Crippen molar-refractivity contribution in [3.63, 3.8) is 0 Å². The van der Waals surface area contributed by atoms with E-state index in [-0.39, 0.29) is 5.41 Å². The Balaban J connectivity index is 2.57. The third-order valence-electron chi connectivity index (χ3n) is 1.47. The van der Waals surface area contributed by atoms with Gasteiger partial charge in [-0.25, -0.2) is 0 Å². The van der Waals surface area contributed by atoms with Crippen LogP contribution in [0.4, 0.5) is 0 Å². The normalized spacial score (nSPS) is 25.2. The van der Waals surface area contributed by atoms with E-state index in [9.17, 15) is 0 Å². The predicted molar refractivity (Wildman–Crippen MR) is 59.3 cm³/mol. The standard InChI is InChI=1S/C7H13O3PS2/c1-6(12)10-11(13)8-4-7(2,3)5-9-11/h4-5H2,1-3H3. The molecule has 0 N–H and O–H groups in total. The summed E-state index contributed by atoms with van der Waals surface area (Å²) in [5.41, 5.74) is 0.0149. The average Bonchev–Trinajstić information content (AvgIpc) is 1.95. The highest BCUT2D eigenvalue weighted by molar-refractivity contribution is 8.08. The van der Waals surface area contributed by atoms with Crippen LogP contribution in [0, 0.1) is 5.41 Å². The minimum atomic E-state index is -2.56. The second kappa shape index (κ2) is 3.91. The summed E-state index contributed by atoms with van der Waals surface area (Å²) in [6.45, 7) is 4.33. The smallest absolute Gasteiger partial charge is 0.381 e. The molecule has 0 amide bonds. The van der Waals surface area contributed by atoms with E-state index in [1.807, 2.05) is 0 Å². The van der Waals surface area contributed by atoms with Gasteiger partial charge in [0.2, 0.25) is 0 Å². The van der Waals surface area contributed by atoms with E-state index in [0.29, 0.717) is 18.3 Å². The fourth-order valence-corrected chi connectivity index (χ4v) is 3.39. The SMILES string of the molecule is CC(=S)OP1(=S)OCC(C)(C)CO1. The van der Waals surface area contributed by atoms with Gasteiger partial charge in [-0.1, -0.05) is 13.8 Å². The van der Waals surface area contributed by atoms with Crippen LogP contribution < -0.4 is 0 Å². The van der Waals surface area contributed by atoms with Gasteiger partial charge < -0.3 is 4.52 Å². The number of rotatable bonds is 1. The van der Waals surface area contributed by atoms with Crippen LogP contribution in [0.5, 0.6) is 0 Å². The Labute approximate surface area is 89.0 Å². The van der Waals surface area contributed by atoms with Crippen molar-refractivity contribution in [2.24, 2.45) is 5.41 Å². The molecule has 0 aliphatic carbocycles. The Morgan fingerprint density at radius 2 is 1.85 bits per heavy atom. The van der Waals surface area contributed by atoms with Gasteiger partial charge in [0.1, 0.15) is 0 Å². The zero-order valence-corrected chi connectivity index (χ0v) is 10.4. The van der Waals surface area contributed by atoms with Crippen LogP contribution in [-0.4, -0.2) is 18.3 Å². The van der Waals surface area contributed by atoms with Gasteiger partial charge >= 0.3 is 6.72 Å². The average molecular weight is 240 g/mol. The summed E-state index contributed by atoms with van der Waals surface area (Å²) in [6, 6.07) is 0. The summed E-state index contributed by atoms with van der Waals surface area (Å²) in [5, 5.41) is 0.378. The molecule has 0 bridgehead atoms. The summed E-state index contributed by atoms with van der Waals surface area (Å²) in [4.78, 5) is 0. The van der Waals surface area contributed by atoms with Crippen LogP contribution in [0.2, 0.25) is 0 Å². The van der Waals surface area contributed by atoms with Crippen LogP contribution in [-0.2, 0) is 25.4 Å². The summed E-state index contributed by atoms with van der Waals surface area (Å²) in [5.74, 6) is 0. The number of thiocarbonyl (C=S) groups is 1. The van der Waals surface area contributed by atoms with Gasteiger partial charge in [0, 0.05) is 24.1 Å². The van der Waals surface area contributed by atoms with Gasteiger partial charge in [0.25, 0.3) is 0 Å². The Morgan fingerprint density at radius 1 is 1.38 bits per heavy atom. The first-order valence-electron chi connectivity index (χ1n) is 3.92. The zero-order chi connectivity index (χ0) is 10.1. The van der Waals surface area contributed by atoms with E-state index in [1.54, 1.807) is 6.92 Å². The molecule has 0 radical (unpaired) electrons.